The van der Waals surface area contributed by atoms with Crippen LogP contribution in [0.15, 0.2) is 18.2 Å². The van der Waals surface area contributed by atoms with Crippen LogP contribution in [0.25, 0.3) is 0 Å². The van der Waals surface area contributed by atoms with Gasteiger partial charge in [0.25, 0.3) is 5.91 Å². The number of hydrogen-bond donors (Lipinski definition) is 2. The van der Waals surface area contributed by atoms with Crippen molar-refractivity contribution in [3.63, 3.8) is 0 Å². The van der Waals surface area contributed by atoms with Crippen molar-refractivity contribution >= 4 is 11.8 Å². The van der Waals surface area contributed by atoms with Crippen molar-refractivity contribution in [2.45, 2.75) is 13.0 Å². The zero-order chi connectivity index (χ0) is 14.0. The Morgan fingerprint density at radius 2 is 2.26 bits per heavy atom. The second kappa shape index (κ2) is 5.17. The van der Waals surface area contributed by atoms with Gasteiger partial charge in [0.15, 0.2) is 11.5 Å². The van der Waals surface area contributed by atoms with Crippen molar-refractivity contribution in [3.8, 4) is 11.5 Å². The molecule has 1 aromatic carbocycles. The van der Waals surface area contributed by atoms with E-state index in [2.05, 4.69) is 5.32 Å². The van der Waals surface area contributed by atoms with Crippen LogP contribution < -0.4 is 10.1 Å². The molecule has 0 saturated carbocycles. The molecule has 19 heavy (non-hydrogen) atoms. The molecule has 2 rings (SSSR count). The number of nitrogens with one attached hydrogen (secondary N) is 1. The van der Waals surface area contributed by atoms with Crippen molar-refractivity contribution in [2.75, 3.05) is 20.2 Å². The molecule has 6 heteroatoms. The first-order valence-corrected chi connectivity index (χ1v) is 6.01. The molecular weight excluding hydrogens is 248 g/mol. The first-order valence-electron chi connectivity index (χ1n) is 6.01. The Morgan fingerprint density at radius 1 is 1.53 bits per heavy atom. The topological polar surface area (TPSA) is 78.9 Å². The van der Waals surface area contributed by atoms with Crippen LogP contribution in [0.2, 0.25) is 0 Å². The van der Waals surface area contributed by atoms with Gasteiger partial charge in [-0.2, -0.15) is 0 Å². The largest absolute Gasteiger partial charge is 0.504 e. The minimum absolute atomic E-state index is 0.140. The lowest BCUT2D eigenvalue weighted by Crippen LogP contribution is -2.55. The fourth-order valence-electron chi connectivity index (χ4n) is 2.07. The predicted molar refractivity (Wildman–Crippen MR) is 68.2 cm³/mol. The van der Waals surface area contributed by atoms with E-state index in [0.717, 1.165) is 0 Å². The summed E-state index contributed by atoms with van der Waals surface area (Å²) < 4.78 is 4.97. The van der Waals surface area contributed by atoms with Crippen LogP contribution in [-0.4, -0.2) is 48.1 Å². The highest BCUT2D eigenvalue weighted by molar-refractivity contribution is 6.00. The van der Waals surface area contributed by atoms with E-state index in [-0.39, 0.29) is 28.9 Å². The number of carbonyl (C=O) groups is 2. The van der Waals surface area contributed by atoms with Gasteiger partial charge >= 0.3 is 0 Å². The first-order chi connectivity index (χ1) is 9.06. The lowest BCUT2D eigenvalue weighted by molar-refractivity contribution is -0.127. The average Bonchev–Trinajstić information content (AvgIpc) is 2.41. The van der Waals surface area contributed by atoms with Gasteiger partial charge in [-0.25, -0.2) is 0 Å². The molecule has 1 aliphatic rings. The number of nitrogens with zero attached hydrogens (tertiary/aromatic N) is 1. The number of para-hydroxylation sites is 1. The summed E-state index contributed by atoms with van der Waals surface area (Å²) in [4.78, 5) is 25.4. The summed E-state index contributed by atoms with van der Waals surface area (Å²) >= 11 is 0. The molecule has 1 heterocycles. The van der Waals surface area contributed by atoms with E-state index in [1.54, 1.807) is 19.1 Å². The van der Waals surface area contributed by atoms with Crippen LogP contribution in [0.5, 0.6) is 11.5 Å². The minimum atomic E-state index is -0.549. The number of ether oxygens (including phenoxy) is 1. The third-order valence-electron chi connectivity index (χ3n) is 3.21. The molecular formula is C13H16N2O4. The summed E-state index contributed by atoms with van der Waals surface area (Å²) in [5.74, 6) is -0.533. The van der Waals surface area contributed by atoms with Crippen molar-refractivity contribution in [1.82, 2.24) is 10.2 Å². The highest BCUT2D eigenvalue weighted by Crippen LogP contribution is 2.30. The predicted octanol–water partition coefficient (Wildman–Crippen LogP) is 0.361. The van der Waals surface area contributed by atoms with Crippen molar-refractivity contribution < 1.29 is 19.4 Å². The number of hydrogen-bond acceptors (Lipinski definition) is 4. The summed E-state index contributed by atoms with van der Waals surface area (Å²) in [5, 5.41) is 12.7. The lowest BCUT2D eigenvalue weighted by atomic mass is 10.1. The van der Waals surface area contributed by atoms with E-state index < -0.39 is 6.04 Å². The van der Waals surface area contributed by atoms with Gasteiger partial charge in [0.05, 0.1) is 12.7 Å². The molecule has 0 spiro atoms. The smallest absolute Gasteiger partial charge is 0.258 e. The maximum absolute atomic E-state index is 12.4. The Kier molecular flexibility index (Phi) is 3.59. The monoisotopic (exact) mass is 264 g/mol. The molecule has 1 unspecified atom stereocenters. The normalized spacial score (nSPS) is 18.9. The Balaban J connectivity index is 2.31. The number of amides is 2. The molecule has 102 valence electrons. The van der Waals surface area contributed by atoms with Crippen LogP contribution in [0, 0.1) is 0 Å². The SMILES string of the molecule is COc1cccc(C(=O)N2CCNC(=O)C2C)c1O. The van der Waals surface area contributed by atoms with E-state index in [0.29, 0.717) is 13.1 Å². The number of methoxy groups -OCH3 is 1. The van der Waals surface area contributed by atoms with Crippen LogP contribution in [0.4, 0.5) is 0 Å². The number of carbonyl (C=O) groups excluding carboxylic acids is 2. The number of piperazine rings is 1. The first kappa shape index (κ1) is 13.2. The molecule has 1 atom stereocenters. The maximum Gasteiger partial charge on any atom is 0.258 e. The molecule has 0 aliphatic carbocycles. The van der Waals surface area contributed by atoms with E-state index in [9.17, 15) is 14.7 Å². The standard InChI is InChI=1S/C13H16N2O4/c1-8-12(17)14-6-7-15(8)13(18)9-4-3-5-10(19-2)11(9)16/h3-5,8,16H,6-7H2,1-2H3,(H,14,17). The fraction of sp³-hybridized carbons (Fsp3) is 0.385. The average molecular weight is 264 g/mol. The molecule has 0 aromatic heterocycles. The summed E-state index contributed by atoms with van der Waals surface area (Å²) in [6.07, 6.45) is 0. The highest BCUT2D eigenvalue weighted by Gasteiger charge is 2.31. The summed E-state index contributed by atoms with van der Waals surface area (Å²) in [5.41, 5.74) is 0.140. The summed E-state index contributed by atoms with van der Waals surface area (Å²) in [6, 6.07) is 4.16. The molecule has 6 nitrogen and oxygen atoms in total. The number of phenols is 1. The molecule has 1 aromatic rings. The van der Waals surface area contributed by atoms with E-state index in [4.69, 9.17) is 4.74 Å². The third-order valence-corrected chi connectivity index (χ3v) is 3.21. The van der Waals surface area contributed by atoms with E-state index in [1.165, 1.54) is 18.1 Å². The fourth-order valence-corrected chi connectivity index (χ4v) is 2.07. The molecule has 2 N–H and O–H groups in total. The Morgan fingerprint density at radius 3 is 2.95 bits per heavy atom. The van der Waals surface area contributed by atoms with E-state index in [1.807, 2.05) is 0 Å². The number of aromatic hydroxyl groups is 1. The van der Waals surface area contributed by atoms with Gasteiger partial charge in [-0.05, 0) is 19.1 Å². The minimum Gasteiger partial charge on any atom is -0.504 e. The Labute approximate surface area is 111 Å². The van der Waals surface area contributed by atoms with Crippen molar-refractivity contribution in [2.24, 2.45) is 0 Å². The highest BCUT2D eigenvalue weighted by atomic mass is 16.5. The van der Waals surface area contributed by atoms with Crippen LogP contribution >= 0.6 is 0 Å². The van der Waals surface area contributed by atoms with Crippen molar-refractivity contribution in [1.29, 1.82) is 0 Å². The molecule has 1 fully saturated rings. The Hall–Kier alpha value is -2.24. The van der Waals surface area contributed by atoms with Gasteiger partial charge < -0.3 is 20.1 Å². The second-order valence-corrected chi connectivity index (χ2v) is 4.32. The van der Waals surface area contributed by atoms with Gasteiger partial charge in [-0.3, -0.25) is 9.59 Å². The molecule has 0 bridgehead atoms. The van der Waals surface area contributed by atoms with Crippen LogP contribution in [0.1, 0.15) is 17.3 Å². The van der Waals surface area contributed by atoms with Crippen LogP contribution in [0.3, 0.4) is 0 Å². The zero-order valence-electron chi connectivity index (χ0n) is 10.8. The van der Waals surface area contributed by atoms with Gasteiger partial charge in [-0.1, -0.05) is 6.07 Å². The van der Waals surface area contributed by atoms with Gasteiger partial charge in [0.2, 0.25) is 5.91 Å². The molecule has 2 amide bonds. The number of phenolic OH excluding ortho intramolecular Hbond substituents is 1. The maximum atomic E-state index is 12.4. The molecule has 1 saturated heterocycles. The van der Waals surface area contributed by atoms with Gasteiger partial charge in [0, 0.05) is 13.1 Å². The molecule has 1 aliphatic heterocycles. The van der Waals surface area contributed by atoms with Gasteiger partial charge in [0.1, 0.15) is 6.04 Å². The quantitative estimate of drug-likeness (QED) is 0.808. The second-order valence-electron chi connectivity index (χ2n) is 4.32. The van der Waals surface area contributed by atoms with E-state index >= 15 is 0 Å². The number of benzene rings is 1. The van der Waals surface area contributed by atoms with Crippen LogP contribution in [-0.2, 0) is 4.79 Å². The molecule has 0 radical (unpaired) electrons. The zero-order valence-corrected chi connectivity index (χ0v) is 10.8. The Bertz CT molecular complexity index is 515. The summed E-state index contributed by atoms with van der Waals surface area (Å²) in [6.45, 7) is 2.49. The third kappa shape index (κ3) is 2.33. The lowest BCUT2D eigenvalue weighted by Gasteiger charge is -2.33. The van der Waals surface area contributed by atoms with Crippen molar-refractivity contribution in [3.05, 3.63) is 23.8 Å². The number of rotatable bonds is 2. The van der Waals surface area contributed by atoms with Gasteiger partial charge in [-0.15, -0.1) is 0 Å². The summed E-state index contributed by atoms with van der Waals surface area (Å²) in [7, 11) is 1.42.